The number of nitrogens with zero attached hydrogens (tertiary/aromatic N) is 2. The van der Waals surface area contributed by atoms with Crippen LogP contribution in [0.4, 0.5) is 13.2 Å². The molecule has 0 bridgehead atoms. The van der Waals surface area contributed by atoms with E-state index in [0.29, 0.717) is 17.8 Å². The molecule has 1 aromatic heterocycles. The van der Waals surface area contributed by atoms with E-state index >= 15 is 0 Å². The van der Waals surface area contributed by atoms with Crippen molar-refractivity contribution in [1.82, 2.24) is 9.88 Å². The second kappa shape index (κ2) is 14.0. The van der Waals surface area contributed by atoms with E-state index in [1.54, 1.807) is 19.9 Å². The largest absolute Gasteiger partial charge is 0.457 e. The summed E-state index contributed by atoms with van der Waals surface area (Å²) < 4.78 is 47.1. The third-order valence-electron chi connectivity index (χ3n) is 7.19. The molecule has 2 N–H and O–H groups in total. The number of aromatic nitrogens is 1. The number of carbonyl (C=O) groups excluding carboxylic acids is 2. The van der Waals surface area contributed by atoms with Gasteiger partial charge in [0.05, 0.1) is 29.7 Å². The zero-order valence-corrected chi connectivity index (χ0v) is 25.0. The highest BCUT2D eigenvalue weighted by Gasteiger charge is 2.42. The molecule has 0 saturated heterocycles. The molecule has 0 aromatic carbocycles. The Morgan fingerprint density at radius 2 is 1.90 bits per heavy atom. The van der Waals surface area contributed by atoms with Gasteiger partial charge in [-0.05, 0) is 39.1 Å². The molecule has 2 heterocycles. The zero-order valence-electron chi connectivity index (χ0n) is 24.2. The summed E-state index contributed by atoms with van der Waals surface area (Å²) in [5.41, 5.74) is -1.12. The number of alkyl halides is 3. The number of thiazole rings is 1. The third kappa shape index (κ3) is 9.36. The molecule has 1 aliphatic heterocycles. The minimum absolute atomic E-state index is 0.251. The van der Waals surface area contributed by atoms with E-state index in [-0.39, 0.29) is 6.42 Å². The highest BCUT2D eigenvalue weighted by molar-refractivity contribution is 7.09. The average molecular weight is 587 g/mol. The van der Waals surface area contributed by atoms with Crippen molar-refractivity contribution in [1.29, 1.82) is 0 Å². The highest BCUT2D eigenvalue weighted by atomic mass is 32.1. The maximum Gasteiger partial charge on any atom is 0.412 e. The van der Waals surface area contributed by atoms with Crippen molar-refractivity contribution < 1.29 is 37.7 Å². The lowest BCUT2D eigenvalue weighted by Crippen LogP contribution is -2.45. The lowest BCUT2D eigenvalue weighted by atomic mass is 9.73. The van der Waals surface area contributed by atoms with Gasteiger partial charge in [0.25, 0.3) is 0 Å². The molecular formula is C29H41F3N2O5S. The molecule has 0 fully saturated rings. The van der Waals surface area contributed by atoms with Crippen LogP contribution in [0.25, 0.3) is 6.08 Å². The summed E-state index contributed by atoms with van der Waals surface area (Å²) in [7, 11) is 3.82. The predicted molar refractivity (Wildman–Crippen MR) is 149 cm³/mol. The Morgan fingerprint density at radius 3 is 2.50 bits per heavy atom. The van der Waals surface area contributed by atoms with Crippen LogP contribution in [0.1, 0.15) is 64.6 Å². The molecule has 1 aliphatic rings. The van der Waals surface area contributed by atoms with Crippen LogP contribution in [0, 0.1) is 17.3 Å². The molecule has 0 spiro atoms. The van der Waals surface area contributed by atoms with Gasteiger partial charge >= 0.3 is 12.1 Å². The first-order valence-corrected chi connectivity index (χ1v) is 14.1. The Labute approximate surface area is 238 Å². The summed E-state index contributed by atoms with van der Waals surface area (Å²) >= 11 is 1.44. The van der Waals surface area contributed by atoms with E-state index in [1.807, 2.05) is 24.4 Å². The number of hydrogen-bond donors (Lipinski definition) is 2. The fourth-order valence-corrected chi connectivity index (χ4v) is 5.32. The Balaban J connectivity index is 2.49. The van der Waals surface area contributed by atoms with Gasteiger partial charge in [0, 0.05) is 35.8 Å². The molecule has 0 unspecified atom stereocenters. The molecular weight excluding hydrogens is 545 g/mol. The van der Waals surface area contributed by atoms with Crippen LogP contribution >= 0.6 is 11.3 Å². The number of carbonyl (C=O) groups is 2. The van der Waals surface area contributed by atoms with Gasteiger partial charge in [-0.15, -0.1) is 11.3 Å². The first kappa shape index (κ1) is 33.9. The molecule has 2 rings (SSSR count). The number of aliphatic hydroxyl groups is 2. The molecule has 11 heteroatoms. The number of halogens is 3. The Kier molecular flexibility index (Phi) is 11.9. The highest BCUT2D eigenvalue weighted by Crippen LogP contribution is 2.33. The fraction of sp³-hybridized carbons (Fsp3) is 0.621. The number of hydrogen-bond acceptors (Lipinski definition) is 8. The third-order valence-corrected chi connectivity index (χ3v) is 8.04. The minimum atomic E-state index is -4.62. The molecule has 40 heavy (non-hydrogen) atoms. The Hall–Kier alpha value is -2.34. The topological polar surface area (TPSA) is 100.0 Å². The van der Waals surface area contributed by atoms with Crippen LogP contribution in [0.5, 0.6) is 0 Å². The number of ketones is 1. The number of esters is 1. The van der Waals surface area contributed by atoms with Gasteiger partial charge in [-0.25, -0.2) is 4.98 Å². The van der Waals surface area contributed by atoms with Crippen LogP contribution in [0.15, 0.2) is 34.8 Å². The van der Waals surface area contributed by atoms with Gasteiger partial charge in [0.1, 0.15) is 16.9 Å². The van der Waals surface area contributed by atoms with Gasteiger partial charge in [0.2, 0.25) is 0 Å². The summed E-state index contributed by atoms with van der Waals surface area (Å²) in [5, 5.41) is 24.2. The van der Waals surface area contributed by atoms with E-state index in [2.05, 4.69) is 4.98 Å². The van der Waals surface area contributed by atoms with Crippen molar-refractivity contribution >= 4 is 29.2 Å². The monoisotopic (exact) mass is 586 g/mol. The van der Waals surface area contributed by atoms with Gasteiger partial charge < -0.3 is 19.8 Å². The molecule has 0 radical (unpaired) electrons. The van der Waals surface area contributed by atoms with Gasteiger partial charge in [-0.2, -0.15) is 13.2 Å². The van der Waals surface area contributed by atoms with Crippen LogP contribution in [0.2, 0.25) is 0 Å². The summed E-state index contributed by atoms with van der Waals surface area (Å²) in [6.45, 7) is 8.38. The van der Waals surface area contributed by atoms with E-state index in [0.717, 1.165) is 11.1 Å². The maximum atomic E-state index is 13.9. The first-order valence-electron chi connectivity index (χ1n) is 13.2. The van der Waals surface area contributed by atoms with Crippen LogP contribution in [0.3, 0.4) is 0 Å². The second-order valence-electron chi connectivity index (χ2n) is 11.3. The summed E-state index contributed by atoms with van der Waals surface area (Å²) in [6, 6.07) is 0. The van der Waals surface area contributed by atoms with Crippen molar-refractivity contribution in [3.05, 3.63) is 45.5 Å². The number of cyclic esters (lactones) is 1. The van der Waals surface area contributed by atoms with E-state index < -0.39 is 71.9 Å². The van der Waals surface area contributed by atoms with Crippen LogP contribution < -0.4 is 0 Å². The number of aliphatic hydroxyl groups excluding tert-OH is 2. The number of ether oxygens (including phenoxy) is 1. The predicted octanol–water partition coefficient (Wildman–Crippen LogP) is 5.34. The minimum Gasteiger partial charge on any atom is -0.457 e. The smallest absolute Gasteiger partial charge is 0.412 e. The average Bonchev–Trinajstić information content (AvgIpc) is 3.27. The molecule has 5 atom stereocenters. The summed E-state index contributed by atoms with van der Waals surface area (Å²) in [5.74, 6) is -2.87. The lowest BCUT2D eigenvalue weighted by molar-refractivity contribution is -0.154. The molecule has 1 aromatic rings. The maximum absolute atomic E-state index is 13.9. The van der Waals surface area contributed by atoms with Gasteiger partial charge in [-0.1, -0.05) is 45.9 Å². The fourth-order valence-electron chi connectivity index (χ4n) is 4.46. The van der Waals surface area contributed by atoms with E-state index in [1.165, 1.54) is 44.3 Å². The quantitative estimate of drug-likeness (QED) is 0.363. The molecule has 0 amide bonds. The summed E-state index contributed by atoms with van der Waals surface area (Å²) in [6.07, 6.45) is -4.07. The van der Waals surface area contributed by atoms with E-state index in [9.17, 15) is 33.0 Å². The number of rotatable bonds is 4. The lowest BCUT2D eigenvalue weighted by Gasteiger charge is -2.34. The van der Waals surface area contributed by atoms with Gasteiger partial charge in [-0.3, -0.25) is 9.59 Å². The standard InChI is InChI=1S/C29H41F3N2O5S/c1-17-9-8-10-20(29(30,31)32)11-12-22(18(2)13-21-16-40-24(33-21)15-34(6)7)39-25(36)14-23(35)28(4,5)27(38)19(3)26(17)37/h8-9,11,13,16-17,19,22-23,26,35,37H,10,12,14-15H2,1-7H3/t17-,19+,22-,23-,26-/m0/s1. The van der Waals surface area contributed by atoms with Crippen LogP contribution in [-0.4, -0.2) is 70.4 Å². The number of allylic oxidation sites excluding steroid dienone is 2. The molecule has 0 saturated carbocycles. The van der Waals surface area contributed by atoms with Crippen molar-refractivity contribution in [3.63, 3.8) is 0 Å². The van der Waals surface area contributed by atoms with Crippen molar-refractivity contribution in [3.8, 4) is 0 Å². The number of Topliss-reactive ketones (excluding diaryl/α,β-unsaturated/α-hetero) is 1. The van der Waals surface area contributed by atoms with Crippen LogP contribution in [-0.2, 0) is 20.9 Å². The zero-order chi connectivity index (χ0) is 30.4. The first-order chi connectivity index (χ1) is 18.4. The van der Waals surface area contributed by atoms with Crippen molar-refractivity contribution in [2.45, 2.75) is 84.9 Å². The normalized spacial score (nSPS) is 28.0. The van der Waals surface area contributed by atoms with E-state index in [4.69, 9.17) is 4.74 Å². The molecule has 7 nitrogen and oxygen atoms in total. The summed E-state index contributed by atoms with van der Waals surface area (Å²) in [4.78, 5) is 32.6. The SMILES string of the molecule is CC(=Cc1csc(CN(C)C)n1)[C@@H]1CC=C(C(F)(F)F)CC=C[C@H](C)[C@H](O)[C@@H](C)C(=O)C(C)(C)[C@@H](O)CC(=O)O1. The molecule has 224 valence electrons. The second-order valence-corrected chi connectivity index (χ2v) is 12.3. The molecule has 0 aliphatic carbocycles. The van der Waals surface area contributed by atoms with Gasteiger partial charge in [0.15, 0.2) is 0 Å². The Morgan fingerprint density at radius 1 is 1.25 bits per heavy atom. The van der Waals surface area contributed by atoms with Crippen molar-refractivity contribution in [2.75, 3.05) is 14.1 Å². The van der Waals surface area contributed by atoms with Crippen molar-refractivity contribution in [2.24, 2.45) is 17.3 Å². The Bertz CT molecular complexity index is 1120.